The third kappa shape index (κ3) is 7.66. The molecule has 0 radical (unpaired) electrons. The lowest BCUT2D eigenvalue weighted by atomic mass is 10.1. The van der Waals surface area contributed by atoms with Crippen LogP contribution >= 0.6 is 11.6 Å². The summed E-state index contributed by atoms with van der Waals surface area (Å²) in [7, 11) is 1.26. The first kappa shape index (κ1) is 27.4. The van der Waals surface area contributed by atoms with Gasteiger partial charge in [0.15, 0.2) is 6.61 Å². The Hall–Kier alpha value is -3.17. The monoisotopic (exact) mass is 519 g/mol. The number of rotatable bonds is 9. The number of carbonyl (C=O) groups is 3. The number of hydrogen-bond acceptors (Lipinski definition) is 6. The second-order valence-corrected chi connectivity index (χ2v) is 9.29. The maximum atomic E-state index is 13.2. The second-order valence-electron chi connectivity index (χ2n) is 8.85. The molecular weight excluding hydrogens is 489 g/mol. The molecule has 0 aromatic heterocycles. The molecule has 2 aromatic carbocycles. The predicted molar refractivity (Wildman–Crippen MR) is 134 cm³/mol. The molecule has 194 valence electrons. The van der Waals surface area contributed by atoms with E-state index in [0.29, 0.717) is 36.1 Å². The molecule has 10 heteroatoms. The lowest BCUT2D eigenvalue weighted by Gasteiger charge is -2.44. The Morgan fingerprint density at radius 2 is 1.78 bits per heavy atom. The van der Waals surface area contributed by atoms with Gasteiger partial charge in [-0.3, -0.25) is 19.3 Å². The van der Waals surface area contributed by atoms with E-state index in [1.807, 2.05) is 6.92 Å². The number of benzene rings is 2. The lowest BCUT2D eigenvalue weighted by Crippen LogP contribution is -2.58. The van der Waals surface area contributed by atoms with E-state index < -0.39 is 11.9 Å². The van der Waals surface area contributed by atoms with E-state index in [1.54, 1.807) is 29.2 Å². The molecule has 0 aliphatic carbocycles. The smallest absolute Gasteiger partial charge is 0.306 e. The maximum Gasteiger partial charge on any atom is 0.306 e. The van der Waals surface area contributed by atoms with E-state index in [9.17, 15) is 18.8 Å². The van der Waals surface area contributed by atoms with E-state index in [2.05, 4.69) is 21.9 Å². The maximum absolute atomic E-state index is 13.2. The van der Waals surface area contributed by atoms with Gasteiger partial charge in [0, 0.05) is 43.2 Å². The molecule has 2 aromatic rings. The van der Waals surface area contributed by atoms with Gasteiger partial charge in [-0.25, -0.2) is 4.39 Å². The van der Waals surface area contributed by atoms with Crippen molar-refractivity contribution in [3.8, 4) is 5.75 Å². The van der Waals surface area contributed by atoms with Gasteiger partial charge in [0.2, 0.25) is 5.91 Å². The summed E-state index contributed by atoms with van der Waals surface area (Å²) < 4.78 is 23.5. The fourth-order valence-corrected chi connectivity index (χ4v) is 4.24. The number of ether oxygens (including phenoxy) is 2. The number of amides is 2. The van der Waals surface area contributed by atoms with E-state index >= 15 is 0 Å². The normalized spacial score (nSPS) is 18.0. The molecular formula is C26H31ClFN3O5. The highest BCUT2D eigenvalue weighted by molar-refractivity contribution is 6.31. The summed E-state index contributed by atoms with van der Waals surface area (Å²) >= 11 is 6.07. The van der Waals surface area contributed by atoms with Crippen molar-refractivity contribution in [2.75, 3.05) is 32.1 Å². The fraction of sp³-hybridized carbons (Fsp3) is 0.423. The summed E-state index contributed by atoms with van der Waals surface area (Å²) in [6.45, 7) is 5.71. The molecule has 36 heavy (non-hydrogen) atoms. The SMILES string of the molecule is COC(=O)CCC(=O)Nc1cc(Cl)ccc1OCC(=O)N1CC(C)N(Cc2ccc(F)cc2)CC1C. The molecule has 0 spiro atoms. The van der Waals surface area contributed by atoms with Crippen LogP contribution in [0.15, 0.2) is 42.5 Å². The molecule has 2 atom stereocenters. The van der Waals surface area contributed by atoms with Gasteiger partial charge in [0.1, 0.15) is 11.6 Å². The van der Waals surface area contributed by atoms with Crippen molar-refractivity contribution >= 4 is 35.1 Å². The number of hydrogen-bond donors (Lipinski definition) is 1. The van der Waals surface area contributed by atoms with Crippen molar-refractivity contribution in [3.63, 3.8) is 0 Å². The Morgan fingerprint density at radius 3 is 2.47 bits per heavy atom. The van der Waals surface area contributed by atoms with Crippen LogP contribution in [0, 0.1) is 5.82 Å². The van der Waals surface area contributed by atoms with Gasteiger partial charge >= 0.3 is 5.97 Å². The van der Waals surface area contributed by atoms with Crippen molar-refractivity contribution in [3.05, 3.63) is 58.9 Å². The van der Waals surface area contributed by atoms with Crippen LogP contribution in [-0.4, -0.2) is 66.5 Å². The number of carbonyl (C=O) groups excluding carboxylic acids is 3. The molecule has 2 amide bonds. The number of piperazine rings is 1. The predicted octanol–water partition coefficient (Wildman–Crippen LogP) is 3.87. The Kier molecular flexibility index (Phi) is 9.66. The first-order valence-corrected chi connectivity index (χ1v) is 12.1. The average molecular weight is 520 g/mol. The van der Waals surface area contributed by atoms with Crippen LogP contribution in [0.2, 0.25) is 5.02 Å². The Labute approximate surface area is 215 Å². The fourth-order valence-electron chi connectivity index (χ4n) is 4.07. The number of anilines is 1. The van der Waals surface area contributed by atoms with Crippen LogP contribution in [0.5, 0.6) is 5.75 Å². The highest BCUT2D eigenvalue weighted by atomic mass is 35.5. The largest absolute Gasteiger partial charge is 0.482 e. The molecule has 1 saturated heterocycles. The molecule has 1 aliphatic rings. The van der Waals surface area contributed by atoms with Crippen LogP contribution < -0.4 is 10.1 Å². The zero-order valence-electron chi connectivity index (χ0n) is 20.6. The summed E-state index contributed by atoms with van der Waals surface area (Å²) in [6.07, 6.45) is -0.115. The highest BCUT2D eigenvalue weighted by Gasteiger charge is 2.32. The van der Waals surface area contributed by atoms with Gasteiger partial charge in [-0.15, -0.1) is 0 Å². The number of nitrogens with zero attached hydrogens (tertiary/aromatic N) is 2. The van der Waals surface area contributed by atoms with E-state index in [0.717, 1.165) is 5.56 Å². The molecule has 0 bridgehead atoms. The minimum atomic E-state index is -0.487. The van der Waals surface area contributed by atoms with Gasteiger partial charge in [-0.2, -0.15) is 0 Å². The molecule has 1 fully saturated rings. The standard InChI is InChI=1S/C26H31ClFN3O5/c1-17-14-31(18(2)13-30(17)15-19-4-7-21(28)8-5-19)25(33)16-36-23-9-6-20(27)12-22(23)29-24(32)10-11-26(34)35-3/h4-9,12,17-18H,10-11,13-16H2,1-3H3,(H,29,32). The van der Waals surface area contributed by atoms with Crippen molar-refractivity contribution in [2.45, 2.75) is 45.3 Å². The summed E-state index contributed by atoms with van der Waals surface area (Å²) in [5.41, 5.74) is 1.33. The Balaban J connectivity index is 1.57. The number of methoxy groups -OCH3 is 1. The average Bonchev–Trinajstić information content (AvgIpc) is 2.85. The summed E-state index contributed by atoms with van der Waals surface area (Å²) in [4.78, 5) is 40.6. The molecule has 1 N–H and O–H groups in total. The first-order chi connectivity index (χ1) is 17.2. The third-order valence-electron chi connectivity index (χ3n) is 6.09. The molecule has 3 rings (SSSR count). The van der Waals surface area contributed by atoms with Gasteiger partial charge in [0.05, 0.1) is 19.2 Å². The van der Waals surface area contributed by atoms with Crippen molar-refractivity contribution in [1.82, 2.24) is 9.80 Å². The van der Waals surface area contributed by atoms with Gasteiger partial charge in [-0.05, 0) is 49.7 Å². The molecule has 1 heterocycles. The van der Waals surface area contributed by atoms with Crippen LogP contribution in [-0.2, 0) is 25.7 Å². The third-order valence-corrected chi connectivity index (χ3v) is 6.32. The van der Waals surface area contributed by atoms with Crippen LogP contribution in [0.3, 0.4) is 0 Å². The minimum Gasteiger partial charge on any atom is -0.482 e. The summed E-state index contributed by atoms with van der Waals surface area (Å²) in [6, 6.07) is 11.2. The van der Waals surface area contributed by atoms with Crippen molar-refractivity contribution in [1.29, 1.82) is 0 Å². The molecule has 2 unspecified atom stereocenters. The number of nitrogens with one attached hydrogen (secondary N) is 1. The van der Waals surface area contributed by atoms with E-state index in [4.69, 9.17) is 16.3 Å². The minimum absolute atomic E-state index is 0.0412. The van der Waals surface area contributed by atoms with Crippen LogP contribution in [0.25, 0.3) is 0 Å². The molecule has 1 aliphatic heterocycles. The Morgan fingerprint density at radius 1 is 1.06 bits per heavy atom. The van der Waals surface area contributed by atoms with Crippen LogP contribution in [0.1, 0.15) is 32.3 Å². The molecule has 0 saturated carbocycles. The van der Waals surface area contributed by atoms with E-state index in [-0.39, 0.29) is 43.3 Å². The quantitative estimate of drug-likeness (QED) is 0.506. The lowest BCUT2D eigenvalue weighted by molar-refractivity contribution is -0.141. The van der Waals surface area contributed by atoms with Crippen LogP contribution in [0.4, 0.5) is 10.1 Å². The number of esters is 1. The van der Waals surface area contributed by atoms with Crippen molar-refractivity contribution < 1.29 is 28.2 Å². The zero-order valence-corrected chi connectivity index (χ0v) is 21.4. The summed E-state index contributed by atoms with van der Waals surface area (Å²) in [5.74, 6) is -1.03. The van der Waals surface area contributed by atoms with Crippen molar-refractivity contribution in [2.24, 2.45) is 0 Å². The van der Waals surface area contributed by atoms with Gasteiger partial charge in [-0.1, -0.05) is 23.7 Å². The Bertz CT molecular complexity index is 1080. The number of halogens is 2. The van der Waals surface area contributed by atoms with E-state index in [1.165, 1.54) is 25.3 Å². The second kappa shape index (κ2) is 12.7. The zero-order chi connectivity index (χ0) is 26.2. The summed E-state index contributed by atoms with van der Waals surface area (Å²) in [5, 5.41) is 3.06. The van der Waals surface area contributed by atoms with Gasteiger partial charge in [0.25, 0.3) is 5.91 Å². The van der Waals surface area contributed by atoms with Gasteiger partial charge < -0.3 is 19.7 Å². The highest BCUT2D eigenvalue weighted by Crippen LogP contribution is 2.29. The molecule has 8 nitrogen and oxygen atoms in total. The first-order valence-electron chi connectivity index (χ1n) is 11.7. The topological polar surface area (TPSA) is 88.2 Å².